The highest BCUT2D eigenvalue weighted by Crippen LogP contribution is 2.24. The molecule has 0 fully saturated rings. The number of hydrogen-bond donors (Lipinski definition) is 2. The van der Waals surface area contributed by atoms with Crippen LogP contribution in [0.25, 0.3) is 0 Å². The number of hydrogen-bond acceptors (Lipinski definition) is 3. The molecule has 0 saturated heterocycles. The number of nitrogens with one attached hydrogen (secondary N) is 1. The van der Waals surface area contributed by atoms with E-state index in [1.54, 1.807) is 18.2 Å². The van der Waals surface area contributed by atoms with E-state index in [0.29, 0.717) is 27.7 Å². The lowest BCUT2D eigenvalue weighted by atomic mass is 10.1. The van der Waals surface area contributed by atoms with Crippen LogP contribution < -0.4 is 11.3 Å². The normalized spacial score (nSPS) is 12.4. The first-order chi connectivity index (χ1) is 10.1. The van der Waals surface area contributed by atoms with E-state index in [1.807, 2.05) is 0 Å². The molecule has 0 bridgehead atoms. The van der Waals surface area contributed by atoms with Crippen molar-refractivity contribution in [2.75, 3.05) is 5.75 Å². The summed E-state index contributed by atoms with van der Waals surface area (Å²) in [5.41, 5.74) is 3.34. The van der Waals surface area contributed by atoms with Crippen LogP contribution >= 0.6 is 23.4 Å². The fourth-order valence-electron chi connectivity index (χ4n) is 1.88. The minimum atomic E-state index is -0.341. The fourth-order valence-corrected chi connectivity index (χ4v) is 3.05. The average Bonchev–Trinajstić information content (AvgIpc) is 2.48. The van der Waals surface area contributed by atoms with Crippen molar-refractivity contribution in [1.29, 1.82) is 0 Å². The van der Waals surface area contributed by atoms with Crippen LogP contribution in [0.4, 0.5) is 8.78 Å². The molecule has 1 atom stereocenters. The molecule has 2 nitrogen and oxygen atoms in total. The van der Waals surface area contributed by atoms with Crippen molar-refractivity contribution in [3.63, 3.8) is 0 Å². The number of thioether (sulfide) groups is 1. The van der Waals surface area contributed by atoms with Gasteiger partial charge in [-0.3, -0.25) is 11.3 Å². The second-order valence-electron chi connectivity index (χ2n) is 4.54. The Morgan fingerprint density at radius 2 is 1.95 bits per heavy atom. The van der Waals surface area contributed by atoms with Crippen LogP contribution in [0, 0.1) is 11.6 Å². The molecule has 0 spiro atoms. The summed E-state index contributed by atoms with van der Waals surface area (Å²) in [4.78, 5) is 0.558. The molecule has 3 N–H and O–H groups in total. The van der Waals surface area contributed by atoms with Crippen molar-refractivity contribution in [2.45, 2.75) is 17.4 Å². The maximum atomic E-state index is 13.5. The van der Waals surface area contributed by atoms with Gasteiger partial charge in [0.05, 0.1) is 0 Å². The Bertz CT molecular complexity index is 610. The molecule has 1 unspecified atom stereocenters. The van der Waals surface area contributed by atoms with Gasteiger partial charge in [-0.25, -0.2) is 8.78 Å². The average molecular weight is 329 g/mol. The third-order valence-corrected chi connectivity index (χ3v) is 4.57. The summed E-state index contributed by atoms with van der Waals surface area (Å²) in [6.07, 6.45) is 0.467. The van der Waals surface area contributed by atoms with Crippen molar-refractivity contribution < 1.29 is 8.78 Å². The summed E-state index contributed by atoms with van der Waals surface area (Å²) in [5.74, 6) is 5.46. The van der Waals surface area contributed by atoms with Gasteiger partial charge in [0.25, 0.3) is 0 Å². The molecule has 112 valence electrons. The fraction of sp³-hybridized carbons (Fsp3) is 0.200. The number of nitrogens with two attached hydrogens (primary N) is 1. The molecule has 0 aliphatic carbocycles. The SMILES string of the molecule is NNC(CSc1ccccc1F)Cc1cc(F)ccc1Cl. The maximum absolute atomic E-state index is 13.5. The van der Waals surface area contributed by atoms with Gasteiger partial charge in [0.2, 0.25) is 0 Å². The van der Waals surface area contributed by atoms with Crippen LogP contribution in [-0.4, -0.2) is 11.8 Å². The summed E-state index contributed by atoms with van der Waals surface area (Å²) >= 11 is 7.39. The molecule has 0 aliphatic rings. The van der Waals surface area contributed by atoms with Gasteiger partial charge in [-0.05, 0) is 42.3 Å². The van der Waals surface area contributed by atoms with Gasteiger partial charge in [0, 0.05) is 21.7 Å². The summed E-state index contributed by atoms with van der Waals surface area (Å²) in [6, 6.07) is 10.6. The molecular weight excluding hydrogens is 314 g/mol. The molecule has 6 heteroatoms. The van der Waals surface area contributed by atoms with Gasteiger partial charge >= 0.3 is 0 Å². The quantitative estimate of drug-likeness (QED) is 0.481. The number of rotatable bonds is 6. The predicted octanol–water partition coefficient (Wildman–Crippen LogP) is 3.78. The molecule has 2 aromatic carbocycles. The van der Waals surface area contributed by atoms with Crippen LogP contribution in [0.1, 0.15) is 5.56 Å². The zero-order valence-corrected chi connectivity index (χ0v) is 12.7. The smallest absolute Gasteiger partial charge is 0.136 e. The second kappa shape index (κ2) is 7.75. The Labute approximate surface area is 131 Å². The number of halogens is 3. The Morgan fingerprint density at radius 3 is 2.67 bits per heavy atom. The largest absolute Gasteiger partial charge is 0.271 e. The van der Waals surface area contributed by atoms with Crippen LogP contribution in [0.3, 0.4) is 0 Å². The van der Waals surface area contributed by atoms with Crippen LogP contribution in [0.5, 0.6) is 0 Å². The van der Waals surface area contributed by atoms with Gasteiger partial charge in [0.15, 0.2) is 0 Å². The van der Waals surface area contributed by atoms with E-state index in [4.69, 9.17) is 17.4 Å². The van der Waals surface area contributed by atoms with Crippen molar-refractivity contribution in [1.82, 2.24) is 5.43 Å². The topological polar surface area (TPSA) is 38.0 Å². The molecule has 0 amide bonds. The first-order valence-electron chi connectivity index (χ1n) is 6.37. The summed E-state index contributed by atoms with van der Waals surface area (Å²) in [6.45, 7) is 0. The Hall–Kier alpha value is -1.14. The lowest BCUT2D eigenvalue weighted by molar-refractivity contribution is 0.569. The molecule has 0 radical (unpaired) electrons. The molecule has 0 aromatic heterocycles. The molecule has 0 heterocycles. The predicted molar refractivity (Wildman–Crippen MR) is 83.3 cm³/mol. The summed E-state index contributed by atoms with van der Waals surface area (Å²) in [7, 11) is 0. The van der Waals surface area contributed by atoms with Crippen molar-refractivity contribution in [2.24, 2.45) is 5.84 Å². The van der Waals surface area contributed by atoms with Crippen molar-refractivity contribution >= 4 is 23.4 Å². The monoisotopic (exact) mass is 328 g/mol. The third-order valence-electron chi connectivity index (χ3n) is 2.99. The van der Waals surface area contributed by atoms with E-state index in [9.17, 15) is 8.78 Å². The first kappa shape index (κ1) is 16.2. The molecule has 2 aromatic rings. The molecule has 2 rings (SSSR count). The van der Waals surface area contributed by atoms with Gasteiger partial charge in [-0.15, -0.1) is 11.8 Å². The lowest BCUT2D eigenvalue weighted by Crippen LogP contribution is -2.38. The van der Waals surface area contributed by atoms with Gasteiger partial charge in [0.1, 0.15) is 11.6 Å². The Kier molecular flexibility index (Phi) is 5.99. The maximum Gasteiger partial charge on any atom is 0.136 e. The van der Waals surface area contributed by atoms with Crippen molar-refractivity contribution in [3.8, 4) is 0 Å². The Morgan fingerprint density at radius 1 is 1.19 bits per heavy atom. The van der Waals surface area contributed by atoms with Gasteiger partial charge < -0.3 is 0 Å². The van der Waals surface area contributed by atoms with Crippen molar-refractivity contribution in [3.05, 3.63) is 64.7 Å². The first-order valence-corrected chi connectivity index (χ1v) is 7.74. The van der Waals surface area contributed by atoms with E-state index < -0.39 is 0 Å². The molecule has 21 heavy (non-hydrogen) atoms. The molecule has 0 saturated carbocycles. The minimum Gasteiger partial charge on any atom is -0.271 e. The lowest BCUT2D eigenvalue weighted by Gasteiger charge is -2.16. The third kappa shape index (κ3) is 4.68. The standard InChI is InChI=1S/C15H15ClF2N2S/c16-13-6-5-11(17)7-10(13)8-12(20-19)9-21-15-4-2-1-3-14(15)18/h1-7,12,20H,8-9,19H2. The van der Waals surface area contributed by atoms with E-state index in [2.05, 4.69) is 5.43 Å². The number of benzene rings is 2. The van der Waals surface area contributed by atoms with E-state index in [-0.39, 0.29) is 17.7 Å². The Balaban J connectivity index is 2.00. The minimum absolute atomic E-state index is 0.145. The highest BCUT2D eigenvalue weighted by molar-refractivity contribution is 7.99. The van der Waals surface area contributed by atoms with E-state index in [1.165, 1.54) is 36.0 Å². The molecule has 0 aliphatic heterocycles. The van der Waals surface area contributed by atoms with Gasteiger partial charge in [-0.2, -0.15) is 0 Å². The summed E-state index contributed by atoms with van der Waals surface area (Å²) < 4.78 is 26.8. The zero-order chi connectivity index (χ0) is 15.2. The van der Waals surface area contributed by atoms with E-state index >= 15 is 0 Å². The molecular formula is C15H15ClF2N2S. The van der Waals surface area contributed by atoms with E-state index in [0.717, 1.165) is 0 Å². The van der Waals surface area contributed by atoms with Gasteiger partial charge in [-0.1, -0.05) is 23.7 Å². The highest BCUT2D eigenvalue weighted by atomic mass is 35.5. The van der Waals surface area contributed by atoms with Crippen LogP contribution in [-0.2, 0) is 6.42 Å². The second-order valence-corrected chi connectivity index (χ2v) is 6.01. The summed E-state index contributed by atoms with van der Waals surface area (Å²) in [5, 5.41) is 0.493. The number of hydrazine groups is 1. The zero-order valence-electron chi connectivity index (χ0n) is 11.2. The van der Waals surface area contributed by atoms with Crippen LogP contribution in [0.15, 0.2) is 47.4 Å². The highest BCUT2D eigenvalue weighted by Gasteiger charge is 2.13. The van der Waals surface area contributed by atoms with Crippen LogP contribution in [0.2, 0.25) is 5.02 Å².